The number of hydrogen-bond donors (Lipinski definition) is 2. The molecule has 0 aliphatic heterocycles. The van der Waals surface area contributed by atoms with Crippen LogP contribution in [0.2, 0.25) is 5.02 Å². The van der Waals surface area contributed by atoms with Crippen molar-refractivity contribution >= 4 is 17.3 Å². The highest BCUT2D eigenvalue weighted by molar-refractivity contribution is 6.30. The summed E-state index contributed by atoms with van der Waals surface area (Å²) in [4.78, 5) is 4.09. The molecule has 5 nitrogen and oxygen atoms in total. The Balaban J connectivity index is 2.21. The highest BCUT2D eigenvalue weighted by Crippen LogP contribution is 2.34. The molecule has 1 aromatic heterocycles. The standard InChI is InChI=1S/C14H15ClN2O3/c1-19-12-7-10(15)6-9(13(12)18)8-17-11-4-3-5-16-14(11)20-2/h3-7,17-18H,8H2,1-2H3. The number of phenols is 1. The van der Waals surface area contributed by atoms with E-state index >= 15 is 0 Å². The van der Waals surface area contributed by atoms with E-state index in [9.17, 15) is 5.11 Å². The van der Waals surface area contributed by atoms with Crippen LogP contribution in [-0.2, 0) is 6.54 Å². The number of pyridine rings is 1. The summed E-state index contributed by atoms with van der Waals surface area (Å²) in [6, 6.07) is 6.87. The van der Waals surface area contributed by atoms with Gasteiger partial charge in [-0.3, -0.25) is 0 Å². The fraction of sp³-hybridized carbons (Fsp3) is 0.214. The summed E-state index contributed by atoms with van der Waals surface area (Å²) in [5, 5.41) is 13.7. The number of ether oxygens (including phenoxy) is 2. The van der Waals surface area contributed by atoms with Gasteiger partial charge in [0, 0.05) is 29.4 Å². The van der Waals surface area contributed by atoms with E-state index in [-0.39, 0.29) is 5.75 Å². The van der Waals surface area contributed by atoms with Crippen molar-refractivity contribution < 1.29 is 14.6 Å². The van der Waals surface area contributed by atoms with Gasteiger partial charge in [0.15, 0.2) is 11.5 Å². The highest BCUT2D eigenvalue weighted by atomic mass is 35.5. The van der Waals surface area contributed by atoms with E-state index in [1.165, 1.54) is 7.11 Å². The van der Waals surface area contributed by atoms with Crippen molar-refractivity contribution in [2.75, 3.05) is 19.5 Å². The molecule has 1 heterocycles. The molecule has 20 heavy (non-hydrogen) atoms. The van der Waals surface area contributed by atoms with Crippen molar-refractivity contribution in [3.63, 3.8) is 0 Å². The summed E-state index contributed by atoms with van der Waals surface area (Å²) in [6.45, 7) is 0.366. The number of rotatable bonds is 5. The van der Waals surface area contributed by atoms with Gasteiger partial charge in [-0.05, 0) is 18.2 Å². The quantitative estimate of drug-likeness (QED) is 0.887. The molecule has 0 saturated carbocycles. The highest BCUT2D eigenvalue weighted by Gasteiger charge is 2.11. The maximum absolute atomic E-state index is 10.0. The maximum Gasteiger partial charge on any atom is 0.237 e. The van der Waals surface area contributed by atoms with E-state index < -0.39 is 0 Å². The Labute approximate surface area is 122 Å². The van der Waals surface area contributed by atoms with Crippen LogP contribution in [0.25, 0.3) is 0 Å². The summed E-state index contributed by atoms with van der Waals surface area (Å²) in [7, 11) is 3.03. The van der Waals surface area contributed by atoms with Gasteiger partial charge in [0.1, 0.15) is 0 Å². The van der Waals surface area contributed by atoms with Crippen LogP contribution in [0.4, 0.5) is 5.69 Å². The minimum atomic E-state index is 0.0623. The Morgan fingerprint density at radius 1 is 1.30 bits per heavy atom. The molecule has 0 amide bonds. The first-order valence-electron chi connectivity index (χ1n) is 5.94. The number of methoxy groups -OCH3 is 2. The molecule has 0 spiro atoms. The average Bonchev–Trinajstić information content (AvgIpc) is 2.48. The van der Waals surface area contributed by atoms with E-state index in [4.69, 9.17) is 21.1 Å². The van der Waals surface area contributed by atoms with Gasteiger partial charge < -0.3 is 19.9 Å². The van der Waals surface area contributed by atoms with Crippen molar-refractivity contribution in [1.29, 1.82) is 0 Å². The van der Waals surface area contributed by atoms with E-state index in [2.05, 4.69) is 10.3 Å². The summed E-state index contributed by atoms with van der Waals surface area (Å²) in [5.74, 6) is 0.890. The molecule has 0 bridgehead atoms. The van der Waals surface area contributed by atoms with E-state index in [1.807, 2.05) is 6.07 Å². The van der Waals surface area contributed by atoms with Crippen LogP contribution in [0.15, 0.2) is 30.5 Å². The lowest BCUT2D eigenvalue weighted by Crippen LogP contribution is -2.03. The third kappa shape index (κ3) is 3.05. The fourth-order valence-corrected chi connectivity index (χ4v) is 2.03. The number of aromatic hydroxyl groups is 1. The maximum atomic E-state index is 10.0. The molecule has 6 heteroatoms. The number of nitrogens with zero attached hydrogens (tertiary/aromatic N) is 1. The minimum Gasteiger partial charge on any atom is -0.504 e. The lowest BCUT2D eigenvalue weighted by atomic mass is 10.2. The lowest BCUT2D eigenvalue weighted by Gasteiger charge is -2.13. The normalized spacial score (nSPS) is 10.2. The van der Waals surface area contributed by atoms with Gasteiger partial charge in [-0.25, -0.2) is 4.98 Å². The zero-order valence-corrected chi connectivity index (χ0v) is 11.9. The van der Waals surface area contributed by atoms with E-state index in [0.29, 0.717) is 28.8 Å². The van der Waals surface area contributed by atoms with E-state index in [1.54, 1.807) is 31.5 Å². The Bertz CT molecular complexity index is 605. The fourth-order valence-electron chi connectivity index (χ4n) is 1.80. The second-order valence-electron chi connectivity index (χ2n) is 4.03. The first-order chi connectivity index (χ1) is 9.65. The summed E-state index contributed by atoms with van der Waals surface area (Å²) >= 11 is 5.99. The molecule has 2 N–H and O–H groups in total. The molecule has 0 aliphatic rings. The topological polar surface area (TPSA) is 63.6 Å². The van der Waals surface area contributed by atoms with Crippen molar-refractivity contribution in [2.45, 2.75) is 6.54 Å². The second-order valence-corrected chi connectivity index (χ2v) is 4.47. The molecule has 2 rings (SSSR count). The van der Waals surface area contributed by atoms with Gasteiger partial charge in [-0.15, -0.1) is 0 Å². The minimum absolute atomic E-state index is 0.0623. The monoisotopic (exact) mass is 294 g/mol. The molecule has 106 valence electrons. The predicted molar refractivity (Wildman–Crippen MR) is 77.8 cm³/mol. The molecule has 0 fully saturated rings. The third-order valence-corrected chi connectivity index (χ3v) is 2.99. The van der Waals surface area contributed by atoms with Gasteiger partial charge in [0.2, 0.25) is 5.88 Å². The molecule has 0 aliphatic carbocycles. The predicted octanol–water partition coefficient (Wildman–Crippen LogP) is 3.07. The SMILES string of the molecule is COc1cc(Cl)cc(CNc2cccnc2OC)c1O. The van der Waals surface area contributed by atoms with Gasteiger partial charge in [0.05, 0.1) is 19.9 Å². The number of anilines is 1. The summed E-state index contributed by atoms with van der Waals surface area (Å²) < 4.78 is 10.2. The molecular formula is C14H15ClN2O3. The Kier molecular flexibility index (Phi) is 4.53. The van der Waals surface area contributed by atoms with Gasteiger partial charge in [-0.2, -0.15) is 0 Å². The van der Waals surface area contributed by atoms with Crippen LogP contribution in [0.3, 0.4) is 0 Å². The van der Waals surface area contributed by atoms with Crippen LogP contribution >= 0.6 is 11.6 Å². The van der Waals surface area contributed by atoms with Gasteiger partial charge in [0.25, 0.3) is 0 Å². The first kappa shape index (κ1) is 14.3. The van der Waals surface area contributed by atoms with Crippen molar-refractivity contribution in [1.82, 2.24) is 4.98 Å². The number of benzene rings is 1. The first-order valence-corrected chi connectivity index (χ1v) is 6.31. The molecule has 0 saturated heterocycles. The van der Waals surface area contributed by atoms with Crippen LogP contribution in [0.5, 0.6) is 17.4 Å². The average molecular weight is 295 g/mol. The van der Waals surface area contributed by atoms with Crippen LogP contribution < -0.4 is 14.8 Å². The van der Waals surface area contributed by atoms with Gasteiger partial charge in [-0.1, -0.05) is 11.6 Å². The van der Waals surface area contributed by atoms with Crippen LogP contribution in [0, 0.1) is 0 Å². The van der Waals surface area contributed by atoms with Crippen molar-refractivity contribution in [2.24, 2.45) is 0 Å². The zero-order valence-electron chi connectivity index (χ0n) is 11.2. The molecule has 0 radical (unpaired) electrons. The summed E-state index contributed by atoms with van der Waals surface area (Å²) in [6.07, 6.45) is 1.64. The third-order valence-electron chi connectivity index (χ3n) is 2.77. The zero-order chi connectivity index (χ0) is 14.5. The van der Waals surface area contributed by atoms with Crippen molar-refractivity contribution in [3.05, 3.63) is 41.0 Å². The smallest absolute Gasteiger partial charge is 0.237 e. The van der Waals surface area contributed by atoms with Crippen LogP contribution in [0.1, 0.15) is 5.56 Å². The molecule has 0 atom stereocenters. The molecule has 0 unspecified atom stereocenters. The second kappa shape index (κ2) is 6.34. The largest absolute Gasteiger partial charge is 0.504 e. The number of hydrogen-bond acceptors (Lipinski definition) is 5. The molecular weight excluding hydrogens is 280 g/mol. The number of phenolic OH excluding ortho intramolecular Hbond substituents is 1. The number of nitrogens with one attached hydrogen (secondary N) is 1. The Morgan fingerprint density at radius 2 is 2.10 bits per heavy atom. The summed E-state index contributed by atoms with van der Waals surface area (Å²) in [5.41, 5.74) is 1.36. The lowest BCUT2D eigenvalue weighted by molar-refractivity contribution is 0.371. The molecule has 1 aromatic carbocycles. The molecule has 2 aromatic rings. The Hall–Kier alpha value is -2.14. The van der Waals surface area contributed by atoms with Crippen molar-refractivity contribution in [3.8, 4) is 17.4 Å². The number of aromatic nitrogens is 1. The number of halogens is 1. The van der Waals surface area contributed by atoms with E-state index in [0.717, 1.165) is 5.69 Å². The Morgan fingerprint density at radius 3 is 2.80 bits per heavy atom. The van der Waals surface area contributed by atoms with Gasteiger partial charge >= 0.3 is 0 Å². The van der Waals surface area contributed by atoms with Crippen LogP contribution in [-0.4, -0.2) is 24.3 Å².